The lowest BCUT2D eigenvalue weighted by atomic mass is 10.2. The van der Waals surface area contributed by atoms with E-state index in [2.05, 4.69) is 5.32 Å². The van der Waals surface area contributed by atoms with E-state index in [1.54, 1.807) is 17.0 Å². The standard InChI is InChI=1S/C18H20N2O2/c1-14(2)20(13-15-9-5-3-6-10-15)18(22)17(21)19-16-11-7-4-8-12-16/h3-12,14H,13H2,1-2H3,(H,19,21). The van der Waals surface area contributed by atoms with Crippen molar-refractivity contribution in [1.82, 2.24) is 4.90 Å². The van der Waals surface area contributed by atoms with Crippen LogP contribution in [0.15, 0.2) is 60.7 Å². The molecule has 1 N–H and O–H groups in total. The first-order chi connectivity index (χ1) is 10.6. The molecular weight excluding hydrogens is 276 g/mol. The fourth-order valence-corrected chi connectivity index (χ4v) is 2.11. The van der Waals surface area contributed by atoms with E-state index < -0.39 is 11.8 Å². The van der Waals surface area contributed by atoms with Gasteiger partial charge in [-0.3, -0.25) is 9.59 Å². The lowest BCUT2D eigenvalue weighted by Crippen LogP contribution is -2.43. The summed E-state index contributed by atoms with van der Waals surface area (Å²) >= 11 is 0. The second-order valence-corrected chi connectivity index (χ2v) is 5.33. The van der Waals surface area contributed by atoms with Gasteiger partial charge in [-0.15, -0.1) is 0 Å². The van der Waals surface area contributed by atoms with Crippen molar-refractivity contribution in [2.75, 3.05) is 5.32 Å². The zero-order valence-corrected chi connectivity index (χ0v) is 12.8. The van der Waals surface area contributed by atoms with Crippen molar-refractivity contribution in [1.29, 1.82) is 0 Å². The molecule has 0 atom stereocenters. The number of nitrogens with zero attached hydrogens (tertiary/aromatic N) is 1. The van der Waals surface area contributed by atoms with E-state index >= 15 is 0 Å². The lowest BCUT2D eigenvalue weighted by Gasteiger charge is -2.26. The molecule has 2 aromatic rings. The average molecular weight is 296 g/mol. The van der Waals surface area contributed by atoms with Gasteiger partial charge in [-0.1, -0.05) is 48.5 Å². The van der Waals surface area contributed by atoms with Crippen molar-refractivity contribution in [3.05, 3.63) is 66.2 Å². The van der Waals surface area contributed by atoms with Crippen LogP contribution in [0.4, 0.5) is 5.69 Å². The third-order valence-electron chi connectivity index (χ3n) is 3.31. The average Bonchev–Trinajstić information content (AvgIpc) is 2.53. The molecule has 2 aromatic carbocycles. The Morgan fingerprint density at radius 3 is 2.05 bits per heavy atom. The summed E-state index contributed by atoms with van der Waals surface area (Å²) in [6, 6.07) is 18.6. The van der Waals surface area contributed by atoms with Gasteiger partial charge in [-0.2, -0.15) is 0 Å². The Morgan fingerprint density at radius 1 is 0.955 bits per heavy atom. The van der Waals surface area contributed by atoms with Crippen LogP contribution in [0.1, 0.15) is 19.4 Å². The fraction of sp³-hybridized carbons (Fsp3) is 0.222. The molecule has 4 nitrogen and oxygen atoms in total. The minimum absolute atomic E-state index is 0.0609. The molecule has 0 aromatic heterocycles. The van der Waals surface area contributed by atoms with E-state index in [1.807, 2.05) is 62.4 Å². The molecule has 0 radical (unpaired) electrons. The summed E-state index contributed by atoms with van der Waals surface area (Å²) in [5, 5.41) is 2.63. The monoisotopic (exact) mass is 296 g/mol. The Kier molecular flexibility index (Phi) is 5.31. The third-order valence-corrected chi connectivity index (χ3v) is 3.31. The number of carbonyl (C=O) groups excluding carboxylic acids is 2. The van der Waals surface area contributed by atoms with E-state index in [0.717, 1.165) is 5.56 Å². The predicted molar refractivity (Wildman–Crippen MR) is 87.2 cm³/mol. The molecule has 2 rings (SSSR count). The molecule has 114 valence electrons. The summed E-state index contributed by atoms with van der Waals surface area (Å²) in [5.74, 6) is -1.14. The largest absolute Gasteiger partial charge is 0.328 e. The fourth-order valence-electron chi connectivity index (χ4n) is 2.11. The smallest absolute Gasteiger partial charge is 0.313 e. The highest BCUT2D eigenvalue weighted by molar-refractivity contribution is 6.39. The summed E-state index contributed by atoms with van der Waals surface area (Å²) in [7, 11) is 0. The molecule has 22 heavy (non-hydrogen) atoms. The van der Waals surface area contributed by atoms with E-state index in [1.165, 1.54) is 0 Å². The Labute approximate surface area is 130 Å². The number of amides is 2. The molecule has 0 saturated heterocycles. The molecule has 0 aliphatic heterocycles. The van der Waals surface area contributed by atoms with Crippen LogP contribution < -0.4 is 5.32 Å². The molecule has 4 heteroatoms. The summed E-state index contributed by atoms with van der Waals surface area (Å²) in [4.78, 5) is 26.1. The number of nitrogens with one attached hydrogen (secondary N) is 1. The minimum atomic E-state index is -0.615. The minimum Gasteiger partial charge on any atom is -0.328 e. The summed E-state index contributed by atoms with van der Waals surface area (Å²) in [6.45, 7) is 4.22. The van der Waals surface area contributed by atoms with Crippen LogP contribution in [0.25, 0.3) is 0 Å². The van der Waals surface area contributed by atoms with Crippen LogP contribution in [0.5, 0.6) is 0 Å². The second-order valence-electron chi connectivity index (χ2n) is 5.33. The summed E-state index contributed by atoms with van der Waals surface area (Å²) < 4.78 is 0. The van der Waals surface area contributed by atoms with Gasteiger partial charge in [0.1, 0.15) is 0 Å². The van der Waals surface area contributed by atoms with Gasteiger partial charge in [0, 0.05) is 18.3 Å². The Morgan fingerprint density at radius 2 is 1.50 bits per heavy atom. The quantitative estimate of drug-likeness (QED) is 0.882. The first kappa shape index (κ1) is 15.8. The molecule has 2 amide bonds. The van der Waals surface area contributed by atoms with E-state index in [-0.39, 0.29) is 6.04 Å². The number of carbonyl (C=O) groups is 2. The maximum atomic E-state index is 12.4. The van der Waals surface area contributed by atoms with Crippen molar-refractivity contribution in [2.24, 2.45) is 0 Å². The van der Waals surface area contributed by atoms with Crippen LogP contribution in [-0.2, 0) is 16.1 Å². The molecule has 0 fully saturated rings. The predicted octanol–water partition coefficient (Wildman–Crippen LogP) is 3.06. The van der Waals surface area contributed by atoms with Crippen molar-refractivity contribution < 1.29 is 9.59 Å². The summed E-state index contributed by atoms with van der Waals surface area (Å²) in [6.07, 6.45) is 0. The lowest BCUT2D eigenvalue weighted by molar-refractivity contribution is -0.144. The van der Waals surface area contributed by atoms with Crippen molar-refractivity contribution >= 4 is 17.5 Å². The molecule has 0 spiro atoms. The first-order valence-electron chi connectivity index (χ1n) is 7.29. The highest BCUT2D eigenvalue weighted by Gasteiger charge is 2.24. The second kappa shape index (κ2) is 7.41. The van der Waals surface area contributed by atoms with E-state index in [9.17, 15) is 9.59 Å². The maximum Gasteiger partial charge on any atom is 0.313 e. The van der Waals surface area contributed by atoms with E-state index in [0.29, 0.717) is 12.2 Å². The number of anilines is 1. The highest BCUT2D eigenvalue weighted by Crippen LogP contribution is 2.10. The molecule has 0 bridgehead atoms. The molecule has 0 heterocycles. The third kappa shape index (κ3) is 4.19. The Balaban J connectivity index is 2.07. The number of para-hydroxylation sites is 1. The maximum absolute atomic E-state index is 12.4. The van der Waals surface area contributed by atoms with Gasteiger partial charge in [-0.05, 0) is 31.5 Å². The number of hydrogen-bond donors (Lipinski definition) is 1. The molecule has 0 saturated carbocycles. The molecule has 0 aliphatic carbocycles. The Bertz CT molecular complexity index is 624. The molecule has 0 aliphatic rings. The van der Waals surface area contributed by atoms with Gasteiger partial charge in [0.05, 0.1) is 0 Å². The topological polar surface area (TPSA) is 49.4 Å². The van der Waals surface area contributed by atoms with Gasteiger partial charge in [0.25, 0.3) is 0 Å². The van der Waals surface area contributed by atoms with E-state index in [4.69, 9.17) is 0 Å². The van der Waals surface area contributed by atoms with Crippen molar-refractivity contribution in [2.45, 2.75) is 26.4 Å². The van der Waals surface area contributed by atoms with Gasteiger partial charge >= 0.3 is 11.8 Å². The van der Waals surface area contributed by atoms with Crippen molar-refractivity contribution in [3.8, 4) is 0 Å². The SMILES string of the molecule is CC(C)N(Cc1ccccc1)C(=O)C(=O)Nc1ccccc1. The number of hydrogen-bond acceptors (Lipinski definition) is 2. The number of rotatable bonds is 4. The van der Waals surface area contributed by atoms with Crippen LogP contribution in [0, 0.1) is 0 Å². The van der Waals surface area contributed by atoms with Crippen molar-refractivity contribution in [3.63, 3.8) is 0 Å². The van der Waals surface area contributed by atoms with Crippen LogP contribution in [0.3, 0.4) is 0 Å². The van der Waals surface area contributed by atoms with Gasteiger partial charge in [0.15, 0.2) is 0 Å². The summed E-state index contributed by atoms with van der Waals surface area (Å²) in [5.41, 5.74) is 1.61. The highest BCUT2D eigenvalue weighted by atomic mass is 16.2. The number of benzene rings is 2. The first-order valence-corrected chi connectivity index (χ1v) is 7.29. The zero-order chi connectivity index (χ0) is 15.9. The zero-order valence-electron chi connectivity index (χ0n) is 12.8. The van der Waals surface area contributed by atoms with Crippen LogP contribution in [-0.4, -0.2) is 22.8 Å². The van der Waals surface area contributed by atoms with Gasteiger partial charge in [0.2, 0.25) is 0 Å². The normalized spacial score (nSPS) is 10.3. The Hall–Kier alpha value is -2.62. The van der Waals surface area contributed by atoms with Crippen LogP contribution in [0.2, 0.25) is 0 Å². The van der Waals surface area contributed by atoms with Gasteiger partial charge in [-0.25, -0.2) is 0 Å². The van der Waals surface area contributed by atoms with Gasteiger partial charge < -0.3 is 10.2 Å². The van der Waals surface area contributed by atoms with Crippen LogP contribution >= 0.6 is 0 Å². The molecular formula is C18H20N2O2. The molecule has 0 unspecified atom stereocenters.